The van der Waals surface area contributed by atoms with Crippen LogP contribution < -0.4 is 9.64 Å². The Balaban J connectivity index is 1.92. The number of benzene rings is 3. The number of aliphatic hydroxyl groups is 1. The van der Waals surface area contributed by atoms with Gasteiger partial charge < -0.3 is 19.5 Å². The molecule has 0 heterocycles. The summed E-state index contributed by atoms with van der Waals surface area (Å²) in [5, 5.41) is 8.63. The summed E-state index contributed by atoms with van der Waals surface area (Å²) in [5.74, 6) is -4.69. The molecule has 3 aromatic carbocycles. The van der Waals surface area contributed by atoms with Crippen molar-refractivity contribution in [1.29, 1.82) is 0 Å². The van der Waals surface area contributed by atoms with Crippen molar-refractivity contribution in [3.8, 4) is 16.9 Å². The zero-order valence-corrected chi connectivity index (χ0v) is 16.9. The third-order valence-electron chi connectivity index (χ3n) is 4.53. The minimum Gasteiger partial charge on any atom is -0.479 e. The van der Waals surface area contributed by atoms with Crippen LogP contribution in [0.4, 0.5) is 28.9 Å². The molecule has 0 saturated carbocycles. The quantitative estimate of drug-likeness (QED) is 0.403. The maximum absolute atomic E-state index is 15.0. The van der Waals surface area contributed by atoms with E-state index in [4.69, 9.17) is 9.84 Å². The van der Waals surface area contributed by atoms with Gasteiger partial charge >= 0.3 is 5.97 Å². The van der Waals surface area contributed by atoms with Gasteiger partial charge in [0.15, 0.2) is 18.2 Å². The predicted molar refractivity (Wildman–Crippen MR) is 110 cm³/mol. The van der Waals surface area contributed by atoms with Crippen LogP contribution in [-0.4, -0.2) is 37.9 Å². The van der Waals surface area contributed by atoms with Crippen molar-refractivity contribution >= 4 is 17.3 Å². The number of esters is 1. The highest BCUT2D eigenvalue weighted by molar-refractivity contribution is 5.74. The van der Waals surface area contributed by atoms with Gasteiger partial charge in [0, 0.05) is 7.05 Å². The second-order valence-electron chi connectivity index (χ2n) is 6.68. The van der Waals surface area contributed by atoms with Crippen molar-refractivity contribution in [2.75, 3.05) is 31.8 Å². The van der Waals surface area contributed by atoms with E-state index in [9.17, 15) is 18.0 Å². The molecule has 0 unspecified atom stereocenters. The van der Waals surface area contributed by atoms with Crippen LogP contribution in [0, 0.1) is 23.3 Å². The number of ether oxygens (including phenoxy) is 2. The van der Waals surface area contributed by atoms with Gasteiger partial charge in [-0.25, -0.2) is 22.4 Å². The summed E-state index contributed by atoms with van der Waals surface area (Å²) in [7, 11) is 1.26. The first kappa shape index (κ1) is 23.1. The summed E-state index contributed by atoms with van der Waals surface area (Å²) in [4.78, 5) is 12.5. The number of anilines is 2. The highest BCUT2D eigenvalue weighted by Gasteiger charge is 2.22. The molecule has 5 nitrogen and oxygen atoms in total. The Morgan fingerprint density at radius 2 is 1.69 bits per heavy atom. The normalized spacial score (nSPS) is 10.7. The lowest BCUT2D eigenvalue weighted by Crippen LogP contribution is -2.19. The molecule has 9 heteroatoms. The highest BCUT2D eigenvalue weighted by Crippen LogP contribution is 2.36. The van der Waals surface area contributed by atoms with Crippen molar-refractivity contribution in [3.63, 3.8) is 0 Å². The minimum atomic E-state index is -1.15. The van der Waals surface area contributed by atoms with E-state index in [1.165, 1.54) is 37.4 Å². The van der Waals surface area contributed by atoms with Crippen LogP contribution in [0.25, 0.3) is 11.1 Å². The first-order valence-electron chi connectivity index (χ1n) is 9.48. The molecule has 0 aromatic heterocycles. The summed E-state index contributed by atoms with van der Waals surface area (Å²) in [6.45, 7) is -1.30. The molecule has 0 amide bonds. The molecule has 0 saturated heterocycles. The van der Waals surface area contributed by atoms with Gasteiger partial charge in [-0.05, 0) is 47.5 Å². The fourth-order valence-corrected chi connectivity index (χ4v) is 3.02. The van der Waals surface area contributed by atoms with Crippen molar-refractivity contribution in [2.24, 2.45) is 0 Å². The van der Waals surface area contributed by atoms with Crippen LogP contribution in [0.1, 0.15) is 0 Å². The molecule has 0 aliphatic carbocycles. The van der Waals surface area contributed by atoms with Crippen LogP contribution in [0.3, 0.4) is 0 Å². The van der Waals surface area contributed by atoms with Gasteiger partial charge in [0.1, 0.15) is 29.7 Å². The van der Waals surface area contributed by atoms with Gasteiger partial charge in [0.25, 0.3) is 0 Å². The number of halogens is 4. The molecule has 0 bridgehead atoms. The maximum Gasteiger partial charge on any atom is 0.344 e. The fraction of sp³-hybridized carbons (Fsp3) is 0.174. The van der Waals surface area contributed by atoms with Crippen LogP contribution in [0.2, 0.25) is 0 Å². The largest absolute Gasteiger partial charge is 0.479 e. The lowest BCUT2D eigenvalue weighted by atomic mass is 10.0. The van der Waals surface area contributed by atoms with E-state index in [-0.39, 0.29) is 18.9 Å². The van der Waals surface area contributed by atoms with Gasteiger partial charge in [-0.15, -0.1) is 0 Å². The van der Waals surface area contributed by atoms with Crippen LogP contribution in [-0.2, 0) is 9.53 Å². The zero-order valence-electron chi connectivity index (χ0n) is 16.9. The van der Waals surface area contributed by atoms with Crippen molar-refractivity contribution in [2.45, 2.75) is 0 Å². The maximum atomic E-state index is 15.0. The molecule has 3 aromatic rings. The molecule has 0 fully saturated rings. The van der Waals surface area contributed by atoms with Gasteiger partial charge in [-0.3, -0.25) is 0 Å². The molecule has 0 radical (unpaired) electrons. The summed E-state index contributed by atoms with van der Waals surface area (Å²) in [6, 6.07) is 11.4. The van der Waals surface area contributed by atoms with E-state index in [1.54, 1.807) is 6.07 Å². The fourth-order valence-electron chi connectivity index (χ4n) is 3.02. The van der Waals surface area contributed by atoms with E-state index in [2.05, 4.69) is 4.74 Å². The van der Waals surface area contributed by atoms with E-state index in [1.807, 2.05) is 0 Å². The first-order chi connectivity index (χ1) is 15.3. The van der Waals surface area contributed by atoms with Gasteiger partial charge in [0.2, 0.25) is 0 Å². The van der Waals surface area contributed by atoms with E-state index in [0.29, 0.717) is 11.1 Å². The average molecular weight is 449 g/mol. The standard InChI is InChI=1S/C23H19F4NO4/c1-28(19-12-15(5-6-17(19)25)14-3-2-4-16(24)11-14)23-18(26)7-8-20(22(23)27)32-13-21(30)31-10-9-29/h2-8,11-12,29H,9-10,13H2,1H3. The molecule has 1 N–H and O–H groups in total. The third kappa shape index (κ3) is 5.17. The molecule has 3 rings (SSSR count). The minimum absolute atomic E-state index is 0.163. The van der Waals surface area contributed by atoms with Gasteiger partial charge in [0.05, 0.1) is 12.3 Å². The number of nitrogens with zero attached hydrogens (tertiary/aromatic N) is 1. The predicted octanol–water partition coefficient (Wildman–Crippen LogP) is 4.59. The molecular weight excluding hydrogens is 430 g/mol. The Labute approximate surface area is 181 Å². The molecule has 168 valence electrons. The number of carbonyl (C=O) groups excluding carboxylic acids is 1. The Hall–Kier alpha value is -3.59. The summed E-state index contributed by atoms with van der Waals surface area (Å²) in [6.07, 6.45) is 0. The SMILES string of the molecule is CN(c1cc(-c2cccc(F)c2)ccc1F)c1c(F)ccc(OCC(=O)OCCO)c1F. The zero-order chi connectivity index (χ0) is 23.3. The molecule has 0 spiro atoms. The van der Waals surface area contributed by atoms with E-state index < -0.39 is 47.3 Å². The first-order valence-corrected chi connectivity index (χ1v) is 9.48. The number of hydrogen-bond acceptors (Lipinski definition) is 5. The summed E-state index contributed by atoms with van der Waals surface area (Å²) in [5.41, 5.74) is 0.122. The van der Waals surface area contributed by atoms with Crippen LogP contribution >= 0.6 is 0 Å². The lowest BCUT2D eigenvalue weighted by molar-refractivity contribution is -0.147. The topological polar surface area (TPSA) is 59.0 Å². The molecular formula is C23H19F4NO4. The second kappa shape index (κ2) is 10.1. The Morgan fingerprint density at radius 3 is 2.41 bits per heavy atom. The van der Waals surface area contributed by atoms with Gasteiger partial charge in [-0.2, -0.15) is 0 Å². The lowest BCUT2D eigenvalue weighted by Gasteiger charge is -2.23. The molecule has 0 aliphatic rings. The number of aliphatic hydroxyl groups excluding tert-OH is 1. The smallest absolute Gasteiger partial charge is 0.344 e. The van der Waals surface area contributed by atoms with Crippen molar-refractivity contribution < 1.29 is 36.9 Å². The highest BCUT2D eigenvalue weighted by atomic mass is 19.1. The molecule has 32 heavy (non-hydrogen) atoms. The second-order valence-corrected chi connectivity index (χ2v) is 6.68. The third-order valence-corrected chi connectivity index (χ3v) is 4.53. The van der Waals surface area contributed by atoms with Crippen LogP contribution in [0.5, 0.6) is 5.75 Å². The van der Waals surface area contributed by atoms with E-state index in [0.717, 1.165) is 23.1 Å². The number of rotatable bonds is 8. The Bertz CT molecular complexity index is 1120. The average Bonchev–Trinajstić information content (AvgIpc) is 2.77. The van der Waals surface area contributed by atoms with Crippen molar-refractivity contribution in [1.82, 2.24) is 0 Å². The van der Waals surface area contributed by atoms with E-state index >= 15 is 4.39 Å². The number of hydrogen-bond donors (Lipinski definition) is 1. The van der Waals surface area contributed by atoms with Crippen LogP contribution in [0.15, 0.2) is 54.6 Å². The summed E-state index contributed by atoms with van der Waals surface area (Å²) < 4.78 is 67.3. The van der Waals surface area contributed by atoms with Crippen molar-refractivity contribution in [3.05, 3.63) is 77.9 Å². The number of carbonyl (C=O) groups is 1. The Kier molecular flexibility index (Phi) is 7.32. The molecule has 0 atom stereocenters. The Morgan fingerprint density at radius 1 is 0.969 bits per heavy atom. The summed E-state index contributed by atoms with van der Waals surface area (Å²) >= 11 is 0. The van der Waals surface area contributed by atoms with Gasteiger partial charge in [-0.1, -0.05) is 18.2 Å². The molecule has 0 aliphatic heterocycles. The monoisotopic (exact) mass is 449 g/mol.